The quantitative estimate of drug-likeness (QED) is 0.664. The van der Waals surface area contributed by atoms with Crippen LogP contribution in [-0.4, -0.2) is 11.3 Å². The topological polar surface area (TPSA) is 30.0 Å². The Labute approximate surface area is 122 Å². The Morgan fingerprint density at radius 1 is 1.10 bits per heavy atom. The maximum Gasteiger partial charge on any atom is 0.152 e. The third-order valence-corrected chi connectivity index (χ3v) is 3.59. The maximum atomic E-state index is 13.2. The summed E-state index contributed by atoms with van der Waals surface area (Å²) in [6.07, 6.45) is 1.52. The van der Waals surface area contributed by atoms with Gasteiger partial charge in [0.15, 0.2) is 6.29 Å². The first-order valence-electron chi connectivity index (χ1n) is 6.87. The second-order valence-electron chi connectivity index (χ2n) is 4.84. The zero-order chi connectivity index (χ0) is 14.8. The van der Waals surface area contributed by atoms with Crippen molar-refractivity contribution < 1.29 is 9.18 Å². The molecular weight excluding hydrogens is 265 g/mol. The van der Waals surface area contributed by atoms with Crippen LogP contribution < -0.4 is 0 Å². The number of para-hydroxylation sites is 1. The van der Waals surface area contributed by atoms with Gasteiger partial charge in [-0.05, 0) is 30.2 Å². The number of aromatic nitrogens is 1. The molecule has 0 fully saturated rings. The predicted octanol–water partition coefficient (Wildman–Crippen LogP) is 4.42. The van der Waals surface area contributed by atoms with Crippen molar-refractivity contribution in [1.82, 2.24) is 4.98 Å². The van der Waals surface area contributed by atoms with E-state index in [9.17, 15) is 9.18 Å². The van der Waals surface area contributed by atoms with Gasteiger partial charge in [-0.2, -0.15) is 0 Å². The summed E-state index contributed by atoms with van der Waals surface area (Å²) < 4.78 is 13.2. The van der Waals surface area contributed by atoms with Gasteiger partial charge in [-0.25, -0.2) is 4.39 Å². The molecule has 3 aromatic rings. The lowest BCUT2D eigenvalue weighted by Gasteiger charge is -2.13. The van der Waals surface area contributed by atoms with E-state index < -0.39 is 0 Å². The van der Waals surface area contributed by atoms with E-state index in [-0.39, 0.29) is 5.82 Å². The zero-order valence-corrected chi connectivity index (χ0v) is 11.6. The molecule has 3 heteroatoms. The molecule has 0 aliphatic heterocycles. The lowest BCUT2D eigenvalue weighted by atomic mass is 9.94. The number of fused-ring (bicyclic) bond motifs is 1. The Hall–Kier alpha value is -2.55. The zero-order valence-electron chi connectivity index (χ0n) is 11.6. The van der Waals surface area contributed by atoms with Gasteiger partial charge in [-0.15, -0.1) is 0 Å². The summed E-state index contributed by atoms with van der Waals surface area (Å²) in [6.45, 7) is 1.97. The average Bonchev–Trinajstić information content (AvgIpc) is 2.53. The molecule has 0 atom stereocenters. The molecule has 1 heterocycles. The summed E-state index contributed by atoms with van der Waals surface area (Å²) in [4.78, 5) is 16.1. The first-order chi connectivity index (χ1) is 10.2. The van der Waals surface area contributed by atoms with Crippen molar-refractivity contribution in [3.05, 3.63) is 65.6 Å². The average molecular weight is 279 g/mol. The van der Waals surface area contributed by atoms with Crippen molar-refractivity contribution >= 4 is 17.2 Å². The second-order valence-corrected chi connectivity index (χ2v) is 4.84. The van der Waals surface area contributed by atoms with Crippen LogP contribution in [0.3, 0.4) is 0 Å². The van der Waals surface area contributed by atoms with Crippen LogP contribution in [0.2, 0.25) is 0 Å². The SMILES string of the molecule is CCc1nc2ccccc2c(-c2ccc(F)cc2)c1C=O. The molecule has 0 amide bonds. The molecule has 0 unspecified atom stereocenters. The number of pyridine rings is 1. The van der Waals surface area contributed by atoms with Crippen molar-refractivity contribution in [2.75, 3.05) is 0 Å². The molecule has 0 spiro atoms. The summed E-state index contributed by atoms with van der Waals surface area (Å²) in [5, 5.41) is 0.906. The minimum Gasteiger partial charge on any atom is -0.298 e. The molecule has 0 bridgehead atoms. The summed E-state index contributed by atoms with van der Waals surface area (Å²) in [5.41, 5.74) is 3.85. The fraction of sp³-hybridized carbons (Fsp3) is 0.111. The lowest BCUT2D eigenvalue weighted by molar-refractivity contribution is 0.112. The molecule has 1 aromatic heterocycles. The maximum absolute atomic E-state index is 13.2. The molecule has 0 aliphatic rings. The van der Waals surface area contributed by atoms with E-state index in [0.29, 0.717) is 12.0 Å². The van der Waals surface area contributed by atoms with E-state index in [2.05, 4.69) is 4.98 Å². The Bertz CT molecular complexity index is 809. The van der Waals surface area contributed by atoms with Crippen molar-refractivity contribution in [1.29, 1.82) is 0 Å². The van der Waals surface area contributed by atoms with E-state index >= 15 is 0 Å². The minimum absolute atomic E-state index is 0.291. The van der Waals surface area contributed by atoms with Gasteiger partial charge in [0.1, 0.15) is 5.82 Å². The van der Waals surface area contributed by atoms with E-state index in [1.807, 2.05) is 31.2 Å². The van der Waals surface area contributed by atoms with Gasteiger partial charge in [0.05, 0.1) is 11.2 Å². The molecule has 2 aromatic carbocycles. The number of hydrogen-bond acceptors (Lipinski definition) is 2. The van der Waals surface area contributed by atoms with Gasteiger partial charge in [0, 0.05) is 16.5 Å². The highest BCUT2D eigenvalue weighted by Crippen LogP contribution is 2.32. The Balaban J connectivity index is 2.42. The highest BCUT2D eigenvalue weighted by Gasteiger charge is 2.15. The molecule has 2 nitrogen and oxygen atoms in total. The highest BCUT2D eigenvalue weighted by atomic mass is 19.1. The number of aldehydes is 1. The number of hydrogen-bond donors (Lipinski definition) is 0. The molecule has 3 rings (SSSR count). The van der Waals surface area contributed by atoms with Crippen LogP contribution in [0.4, 0.5) is 4.39 Å². The number of benzene rings is 2. The van der Waals surface area contributed by atoms with Gasteiger partial charge in [0.25, 0.3) is 0 Å². The van der Waals surface area contributed by atoms with Crippen molar-refractivity contribution in [2.24, 2.45) is 0 Å². The molecule has 0 radical (unpaired) electrons. The Morgan fingerprint density at radius 2 is 1.81 bits per heavy atom. The summed E-state index contributed by atoms with van der Waals surface area (Å²) in [5.74, 6) is -0.291. The minimum atomic E-state index is -0.291. The first kappa shape index (κ1) is 13.4. The van der Waals surface area contributed by atoms with Gasteiger partial charge >= 0.3 is 0 Å². The number of carbonyl (C=O) groups is 1. The smallest absolute Gasteiger partial charge is 0.152 e. The Morgan fingerprint density at radius 3 is 2.48 bits per heavy atom. The molecule has 0 N–H and O–H groups in total. The molecule has 0 saturated heterocycles. The fourth-order valence-corrected chi connectivity index (χ4v) is 2.60. The van der Waals surface area contributed by atoms with Crippen LogP contribution in [-0.2, 0) is 6.42 Å². The standard InChI is InChI=1S/C18H14FNO/c1-2-16-15(11-21)18(12-7-9-13(19)10-8-12)14-5-3-4-6-17(14)20-16/h3-11H,2H2,1H3. The predicted molar refractivity (Wildman–Crippen MR) is 81.9 cm³/mol. The van der Waals surface area contributed by atoms with Crippen LogP contribution in [0.5, 0.6) is 0 Å². The summed E-state index contributed by atoms with van der Waals surface area (Å²) in [7, 11) is 0. The number of carbonyl (C=O) groups excluding carboxylic acids is 1. The third kappa shape index (κ3) is 2.31. The number of rotatable bonds is 3. The van der Waals surface area contributed by atoms with Crippen LogP contribution in [0, 0.1) is 5.82 Å². The fourth-order valence-electron chi connectivity index (χ4n) is 2.60. The first-order valence-corrected chi connectivity index (χ1v) is 6.87. The lowest BCUT2D eigenvalue weighted by Crippen LogP contribution is -2.00. The van der Waals surface area contributed by atoms with Gasteiger partial charge in [-0.1, -0.05) is 37.3 Å². The van der Waals surface area contributed by atoms with Gasteiger partial charge < -0.3 is 0 Å². The van der Waals surface area contributed by atoms with Crippen LogP contribution in [0.15, 0.2) is 48.5 Å². The van der Waals surface area contributed by atoms with E-state index in [1.54, 1.807) is 12.1 Å². The molecule has 0 saturated carbocycles. The number of halogens is 1. The molecule has 104 valence electrons. The van der Waals surface area contributed by atoms with E-state index in [0.717, 1.165) is 34.0 Å². The van der Waals surface area contributed by atoms with Gasteiger partial charge in [0.2, 0.25) is 0 Å². The Kier molecular flexibility index (Phi) is 3.48. The summed E-state index contributed by atoms with van der Waals surface area (Å²) in [6, 6.07) is 13.9. The molecular formula is C18H14FNO. The van der Waals surface area contributed by atoms with Crippen LogP contribution in [0.1, 0.15) is 23.0 Å². The second kappa shape index (κ2) is 5.44. The molecule has 0 aliphatic carbocycles. The monoisotopic (exact) mass is 279 g/mol. The largest absolute Gasteiger partial charge is 0.298 e. The van der Waals surface area contributed by atoms with Crippen molar-refractivity contribution in [3.63, 3.8) is 0 Å². The number of aryl methyl sites for hydroxylation is 1. The van der Waals surface area contributed by atoms with Crippen LogP contribution >= 0.6 is 0 Å². The van der Waals surface area contributed by atoms with Crippen molar-refractivity contribution in [2.45, 2.75) is 13.3 Å². The normalized spacial score (nSPS) is 10.8. The summed E-state index contributed by atoms with van der Waals surface area (Å²) >= 11 is 0. The number of nitrogens with zero attached hydrogens (tertiary/aromatic N) is 1. The van der Waals surface area contributed by atoms with E-state index in [1.165, 1.54) is 12.1 Å². The third-order valence-electron chi connectivity index (χ3n) is 3.59. The van der Waals surface area contributed by atoms with Gasteiger partial charge in [-0.3, -0.25) is 9.78 Å². The molecule has 21 heavy (non-hydrogen) atoms. The highest BCUT2D eigenvalue weighted by molar-refractivity contribution is 6.03. The van der Waals surface area contributed by atoms with Crippen LogP contribution in [0.25, 0.3) is 22.0 Å². The van der Waals surface area contributed by atoms with Crippen molar-refractivity contribution in [3.8, 4) is 11.1 Å². The van der Waals surface area contributed by atoms with E-state index in [4.69, 9.17) is 0 Å².